The Balaban J connectivity index is 1.51. The molecule has 3 amide bonds. The fourth-order valence-corrected chi connectivity index (χ4v) is 3.62. The smallest absolute Gasteiger partial charge is 0.319 e. The van der Waals surface area contributed by atoms with Crippen molar-refractivity contribution in [1.29, 1.82) is 0 Å². The van der Waals surface area contributed by atoms with Crippen molar-refractivity contribution in [2.45, 2.75) is 19.9 Å². The highest BCUT2D eigenvalue weighted by Gasteiger charge is 2.26. The van der Waals surface area contributed by atoms with E-state index in [1.54, 1.807) is 36.1 Å². The zero-order valence-corrected chi connectivity index (χ0v) is 18.0. The first kappa shape index (κ1) is 21.8. The molecule has 160 valence electrons. The van der Waals surface area contributed by atoms with E-state index in [2.05, 4.69) is 15.5 Å². The molecule has 0 aromatic heterocycles. The summed E-state index contributed by atoms with van der Waals surface area (Å²) in [4.78, 5) is 29.0. The van der Waals surface area contributed by atoms with Gasteiger partial charge in [-0.15, -0.1) is 0 Å². The maximum atomic E-state index is 12.8. The maximum absolute atomic E-state index is 12.8. The van der Waals surface area contributed by atoms with Crippen molar-refractivity contribution in [3.63, 3.8) is 0 Å². The van der Waals surface area contributed by atoms with Gasteiger partial charge in [0, 0.05) is 36.9 Å². The number of nitrogens with zero attached hydrogens (tertiary/aromatic N) is 2. The molecule has 30 heavy (non-hydrogen) atoms. The zero-order chi connectivity index (χ0) is 21.5. The number of para-hydroxylation sites is 2. The highest BCUT2D eigenvalue weighted by Crippen LogP contribution is 2.28. The molecule has 1 aliphatic heterocycles. The number of carbonyl (C=O) groups is 2. The normalized spacial score (nSPS) is 14.8. The van der Waals surface area contributed by atoms with Gasteiger partial charge in [0.2, 0.25) is 5.91 Å². The third-order valence-corrected chi connectivity index (χ3v) is 5.13. The minimum atomic E-state index is -0.633. The van der Waals surface area contributed by atoms with Gasteiger partial charge in [0.25, 0.3) is 0 Å². The molecule has 1 unspecified atom stereocenters. The van der Waals surface area contributed by atoms with Crippen LogP contribution in [0.4, 0.5) is 16.2 Å². The fraction of sp³-hybridized carbons (Fsp3) is 0.364. The predicted molar refractivity (Wildman–Crippen MR) is 119 cm³/mol. The molecule has 1 fully saturated rings. The van der Waals surface area contributed by atoms with Gasteiger partial charge in [0.15, 0.2) is 0 Å². The van der Waals surface area contributed by atoms with Gasteiger partial charge < -0.3 is 25.2 Å². The van der Waals surface area contributed by atoms with E-state index >= 15 is 0 Å². The van der Waals surface area contributed by atoms with E-state index in [9.17, 15) is 9.59 Å². The van der Waals surface area contributed by atoms with Gasteiger partial charge in [-0.3, -0.25) is 4.79 Å². The first-order chi connectivity index (χ1) is 14.5. The summed E-state index contributed by atoms with van der Waals surface area (Å²) in [5.41, 5.74) is 1.61. The standard InChI is InChI=1S/C22H27ClN4O3/c1-3-30-20-10-5-4-9-19(20)26-11-13-27(14-12-26)21(28)16(2)24-22(29)25-18-8-6-7-17(23)15-18/h4-10,15-16H,3,11-14H2,1-2H3,(H2,24,25,29). The summed E-state index contributed by atoms with van der Waals surface area (Å²) in [5, 5.41) is 5.91. The highest BCUT2D eigenvalue weighted by molar-refractivity contribution is 6.30. The highest BCUT2D eigenvalue weighted by atomic mass is 35.5. The van der Waals surface area contributed by atoms with Crippen molar-refractivity contribution in [3.05, 3.63) is 53.6 Å². The lowest BCUT2D eigenvalue weighted by Crippen LogP contribution is -2.54. The van der Waals surface area contributed by atoms with Gasteiger partial charge in [0.05, 0.1) is 12.3 Å². The molecule has 2 N–H and O–H groups in total. The number of piperazine rings is 1. The van der Waals surface area contributed by atoms with Crippen LogP contribution < -0.4 is 20.3 Å². The van der Waals surface area contributed by atoms with Crippen LogP contribution in [0.5, 0.6) is 5.75 Å². The number of hydrogen-bond acceptors (Lipinski definition) is 4. The Kier molecular flexibility index (Phi) is 7.41. The molecule has 8 heteroatoms. The number of rotatable bonds is 6. The zero-order valence-electron chi connectivity index (χ0n) is 17.2. The second kappa shape index (κ2) is 10.2. The largest absolute Gasteiger partial charge is 0.492 e. The summed E-state index contributed by atoms with van der Waals surface area (Å²) in [6.45, 7) is 6.84. The third kappa shape index (κ3) is 5.57. The summed E-state index contributed by atoms with van der Waals surface area (Å²) in [5.74, 6) is 0.751. The Labute approximate surface area is 181 Å². The van der Waals surface area contributed by atoms with E-state index in [0.29, 0.717) is 43.5 Å². The summed E-state index contributed by atoms with van der Waals surface area (Å²) in [6, 6.07) is 13.7. The molecule has 3 rings (SSSR count). The van der Waals surface area contributed by atoms with E-state index < -0.39 is 12.1 Å². The molecule has 0 radical (unpaired) electrons. The van der Waals surface area contributed by atoms with Gasteiger partial charge in [-0.05, 0) is 44.2 Å². The first-order valence-corrected chi connectivity index (χ1v) is 10.4. The van der Waals surface area contributed by atoms with Crippen molar-refractivity contribution in [2.24, 2.45) is 0 Å². The van der Waals surface area contributed by atoms with E-state index in [1.807, 2.05) is 31.2 Å². The van der Waals surface area contributed by atoms with Crippen molar-refractivity contribution >= 4 is 34.9 Å². The Morgan fingerprint density at radius 1 is 1.10 bits per heavy atom. The summed E-state index contributed by atoms with van der Waals surface area (Å²) < 4.78 is 5.72. The Bertz CT molecular complexity index is 884. The number of halogens is 1. The second-order valence-electron chi connectivity index (χ2n) is 7.04. The van der Waals surface area contributed by atoms with Gasteiger partial charge in [-0.1, -0.05) is 29.8 Å². The van der Waals surface area contributed by atoms with Gasteiger partial charge >= 0.3 is 6.03 Å². The van der Waals surface area contributed by atoms with E-state index in [0.717, 1.165) is 11.4 Å². The predicted octanol–water partition coefficient (Wildman–Crippen LogP) is 3.60. The molecule has 1 saturated heterocycles. The van der Waals surface area contributed by atoms with E-state index in [-0.39, 0.29) is 5.91 Å². The molecular weight excluding hydrogens is 404 g/mol. The number of nitrogens with one attached hydrogen (secondary N) is 2. The van der Waals surface area contributed by atoms with Crippen LogP contribution in [0.1, 0.15) is 13.8 Å². The Hall–Kier alpha value is -2.93. The van der Waals surface area contributed by atoms with Gasteiger partial charge in [0.1, 0.15) is 11.8 Å². The molecule has 7 nitrogen and oxygen atoms in total. The third-order valence-electron chi connectivity index (χ3n) is 4.90. The van der Waals surface area contributed by atoms with Crippen molar-refractivity contribution in [1.82, 2.24) is 10.2 Å². The summed E-state index contributed by atoms with van der Waals surface area (Å²) in [6.07, 6.45) is 0. The monoisotopic (exact) mass is 430 g/mol. The molecule has 1 atom stereocenters. The lowest BCUT2D eigenvalue weighted by Gasteiger charge is -2.37. The second-order valence-corrected chi connectivity index (χ2v) is 7.48. The average molecular weight is 431 g/mol. The van der Waals surface area contributed by atoms with Crippen LogP contribution in [0.2, 0.25) is 5.02 Å². The van der Waals surface area contributed by atoms with Gasteiger partial charge in [-0.2, -0.15) is 0 Å². The van der Waals surface area contributed by atoms with Crippen LogP contribution in [-0.4, -0.2) is 55.7 Å². The van der Waals surface area contributed by atoms with Crippen LogP contribution >= 0.6 is 11.6 Å². The summed E-state index contributed by atoms with van der Waals surface area (Å²) in [7, 11) is 0. The molecule has 1 heterocycles. The molecule has 2 aromatic carbocycles. The molecule has 0 bridgehead atoms. The number of anilines is 2. The van der Waals surface area contributed by atoms with Crippen LogP contribution in [0.15, 0.2) is 48.5 Å². The number of benzene rings is 2. The summed E-state index contributed by atoms with van der Waals surface area (Å²) >= 11 is 5.93. The molecule has 0 spiro atoms. The minimum Gasteiger partial charge on any atom is -0.492 e. The lowest BCUT2D eigenvalue weighted by atomic mass is 10.2. The minimum absolute atomic E-state index is 0.103. The first-order valence-electron chi connectivity index (χ1n) is 10.1. The molecule has 0 saturated carbocycles. The lowest BCUT2D eigenvalue weighted by molar-refractivity contribution is -0.133. The molecule has 1 aliphatic rings. The van der Waals surface area contributed by atoms with Crippen LogP contribution in [0, 0.1) is 0 Å². The topological polar surface area (TPSA) is 73.9 Å². The molecule has 0 aliphatic carbocycles. The van der Waals surface area contributed by atoms with E-state index in [4.69, 9.17) is 16.3 Å². The SMILES string of the molecule is CCOc1ccccc1N1CCN(C(=O)C(C)NC(=O)Nc2cccc(Cl)c2)CC1. The van der Waals surface area contributed by atoms with E-state index in [1.165, 1.54) is 0 Å². The number of carbonyl (C=O) groups excluding carboxylic acids is 2. The number of ether oxygens (including phenoxy) is 1. The number of amides is 3. The van der Waals surface area contributed by atoms with Gasteiger partial charge in [-0.25, -0.2) is 4.79 Å². The Morgan fingerprint density at radius 3 is 2.53 bits per heavy atom. The number of hydrogen-bond donors (Lipinski definition) is 2. The van der Waals surface area contributed by atoms with Crippen LogP contribution in [0.25, 0.3) is 0 Å². The van der Waals surface area contributed by atoms with Crippen molar-refractivity contribution in [2.75, 3.05) is 43.0 Å². The van der Waals surface area contributed by atoms with Crippen LogP contribution in [0.3, 0.4) is 0 Å². The number of urea groups is 1. The van der Waals surface area contributed by atoms with Crippen molar-refractivity contribution in [3.8, 4) is 5.75 Å². The Morgan fingerprint density at radius 2 is 1.83 bits per heavy atom. The molecular formula is C22H27ClN4O3. The average Bonchev–Trinajstić information content (AvgIpc) is 2.74. The maximum Gasteiger partial charge on any atom is 0.319 e. The van der Waals surface area contributed by atoms with Crippen molar-refractivity contribution < 1.29 is 14.3 Å². The van der Waals surface area contributed by atoms with Crippen LogP contribution in [-0.2, 0) is 4.79 Å². The molecule has 2 aromatic rings. The quantitative estimate of drug-likeness (QED) is 0.734. The fourth-order valence-electron chi connectivity index (χ4n) is 3.43.